The fourth-order valence-corrected chi connectivity index (χ4v) is 1.26. The molecule has 0 bridgehead atoms. The van der Waals surface area contributed by atoms with Gasteiger partial charge < -0.3 is 14.6 Å². The number of methoxy groups -OCH3 is 1. The molecule has 0 aliphatic rings. The van der Waals surface area contributed by atoms with E-state index in [1.165, 1.54) is 7.11 Å². The Balaban J connectivity index is 2.98. The minimum Gasteiger partial charge on any atom is -0.493 e. The predicted octanol–water partition coefficient (Wildman–Crippen LogP) is 2.10. The first-order valence-electron chi connectivity index (χ1n) is 4.77. The maximum Gasteiger partial charge on any atom is 0.161 e. The minimum absolute atomic E-state index is 0.488. The van der Waals surface area contributed by atoms with Gasteiger partial charge in [-0.15, -0.1) is 0 Å². The summed E-state index contributed by atoms with van der Waals surface area (Å²) >= 11 is 0. The van der Waals surface area contributed by atoms with Crippen LogP contribution in [0, 0.1) is 0 Å². The van der Waals surface area contributed by atoms with E-state index in [9.17, 15) is 9.50 Å². The Morgan fingerprint density at radius 1 is 1.40 bits per heavy atom. The molecule has 0 aliphatic carbocycles. The van der Waals surface area contributed by atoms with Crippen molar-refractivity contribution in [2.45, 2.75) is 13.0 Å². The summed E-state index contributed by atoms with van der Waals surface area (Å²) in [6.45, 7) is 1.53. The summed E-state index contributed by atoms with van der Waals surface area (Å²) in [6.07, 6.45) is -1.10. The normalized spacial score (nSPS) is 12.3. The molecule has 1 unspecified atom stereocenters. The Bertz CT molecular complexity index is 315. The van der Waals surface area contributed by atoms with Crippen LogP contribution in [0.3, 0.4) is 0 Å². The summed E-state index contributed by atoms with van der Waals surface area (Å²) in [4.78, 5) is 0. The van der Waals surface area contributed by atoms with E-state index in [2.05, 4.69) is 0 Å². The number of rotatable bonds is 5. The summed E-state index contributed by atoms with van der Waals surface area (Å²) in [5.41, 5.74) is 0.488. The number of hydrogen-bond donors (Lipinski definition) is 1. The molecule has 4 heteroatoms. The third-order valence-electron chi connectivity index (χ3n) is 2.02. The monoisotopic (exact) mass is 214 g/mol. The van der Waals surface area contributed by atoms with Gasteiger partial charge >= 0.3 is 0 Å². The molecule has 0 saturated carbocycles. The second-order valence-corrected chi connectivity index (χ2v) is 3.01. The third-order valence-corrected chi connectivity index (χ3v) is 2.02. The molecule has 1 aromatic rings. The van der Waals surface area contributed by atoms with Gasteiger partial charge in [0.2, 0.25) is 0 Å². The fraction of sp³-hybridized carbons (Fsp3) is 0.455. The topological polar surface area (TPSA) is 38.7 Å². The number of aliphatic hydroxyl groups is 1. The SMILES string of the molecule is CCOc1cc(C(O)CF)ccc1OC. The molecular formula is C11H15FO3. The Morgan fingerprint density at radius 2 is 2.13 bits per heavy atom. The van der Waals surface area contributed by atoms with Gasteiger partial charge in [-0.05, 0) is 24.6 Å². The maximum absolute atomic E-state index is 12.3. The zero-order chi connectivity index (χ0) is 11.3. The van der Waals surface area contributed by atoms with Gasteiger partial charge in [-0.1, -0.05) is 6.07 Å². The molecule has 84 valence electrons. The van der Waals surface area contributed by atoms with Crippen LogP contribution in [0.5, 0.6) is 11.5 Å². The molecule has 0 fully saturated rings. The van der Waals surface area contributed by atoms with E-state index in [4.69, 9.17) is 9.47 Å². The number of benzene rings is 1. The van der Waals surface area contributed by atoms with Crippen molar-refractivity contribution in [1.29, 1.82) is 0 Å². The highest BCUT2D eigenvalue weighted by atomic mass is 19.1. The molecule has 0 radical (unpaired) electrons. The van der Waals surface area contributed by atoms with Crippen LogP contribution in [-0.4, -0.2) is 25.5 Å². The molecule has 1 atom stereocenters. The van der Waals surface area contributed by atoms with Gasteiger partial charge in [0.15, 0.2) is 11.5 Å². The van der Waals surface area contributed by atoms with E-state index in [1.54, 1.807) is 18.2 Å². The van der Waals surface area contributed by atoms with Gasteiger partial charge in [-0.25, -0.2) is 4.39 Å². The van der Waals surface area contributed by atoms with Crippen molar-refractivity contribution in [3.8, 4) is 11.5 Å². The second-order valence-electron chi connectivity index (χ2n) is 3.01. The summed E-state index contributed by atoms with van der Waals surface area (Å²) in [6, 6.07) is 4.86. The Hall–Kier alpha value is -1.29. The average molecular weight is 214 g/mol. The van der Waals surface area contributed by atoms with Gasteiger partial charge in [0.25, 0.3) is 0 Å². The van der Waals surface area contributed by atoms with Crippen LogP contribution in [-0.2, 0) is 0 Å². The zero-order valence-corrected chi connectivity index (χ0v) is 8.87. The van der Waals surface area contributed by atoms with Crippen LogP contribution in [0.4, 0.5) is 4.39 Å². The molecule has 15 heavy (non-hydrogen) atoms. The molecule has 1 rings (SSSR count). The average Bonchev–Trinajstić information content (AvgIpc) is 2.28. The standard InChI is InChI=1S/C11H15FO3/c1-3-15-11-6-8(9(13)7-12)4-5-10(11)14-2/h4-6,9,13H,3,7H2,1-2H3. The van der Waals surface area contributed by atoms with E-state index in [0.29, 0.717) is 23.7 Å². The molecule has 0 aliphatic heterocycles. The van der Waals surface area contributed by atoms with Gasteiger partial charge in [0.05, 0.1) is 13.7 Å². The Labute approximate surface area is 88.4 Å². The molecule has 0 heterocycles. The van der Waals surface area contributed by atoms with Crippen LogP contribution < -0.4 is 9.47 Å². The Kier molecular flexibility index (Phi) is 4.37. The predicted molar refractivity (Wildman–Crippen MR) is 55.1 cm³/mol. The fourth-order valence-electron chi connectivity index (χ4n) is 1.26. The van der Waals surface area contributed by atoms with E-state index < -0.39 is 12.8 Å². The maximum atomic E-state index is 12.3. The molecular weight excluding hydrogens is 199 g/mol. The highest BCUT2D eigenvalue weighted by Gasteiger charge is 2.11. The highest BCUT2D eigenvalue weighted by Crippen LogP contribution is 2.30. The minimum atomic E-state index is -1.10. The largest absolute Gasteiger partial charge is 0.493 e. The van der Waals surface area contributed by atoms with Gasteiger partial charge in [-0.2, -0.15) is 0 Å². The molecule has 3 nitrogen and oxygen atoms in total. The van der Waals surface area contributed by atoms with Crippen molar-refractivity contribution in [3.05, 3.63) is 23.8 Å². The Morgan fingerprint density at radius 3 is 2.67 bits per heavy atom. The smallest absolute Gasteiger partial charge is 0.161 e. The summed E-state index contributed by atoms with van der Waals surface area (Å²) < 4.78 is 22.6. The lowest BCUT2D eigenvalue weighted by Gasteiger charge is -2.12. The lowest BCUT2D eigenvalue weighted by Crippen LogP contribution is -2.01. The van der Waals surface area contributed by atoms with Crippen LogP contribution in [0.1, 0.15) is 18.6 Å². The molecule has 0 spiro atoms. The van der Waals surface area contributed by atoms with Crippen molar-refractivity contribution in [1.82, 2.24) is 0 Å². The summed E-state index contributed by atoms with van der Waals surface area (Å²) in [5, 5.41) is 9.31. The van der Waals surface area contributed by atoms with Crippen LogP contribution in [0.25, 0.3) is 0 Å². The number of aliphatic hydroxyl groups excluding tert-OH is 1. The lowest BCUT2D eigenvalue weighted by molar-refractivity contribution is 0.141. The summed E-state index contributed by atoms with van der Waals surface area (Å²) in [5.74, 6) is 1.09. The molecule has 1 N–H and O–H groups in total. The molecule has 0 saturated heterocycles. The number of hydrogen-bond acceptors (Lipinski definition) is 3. The van der Waals surface area contributed by atoms with E-state index in [-0.39, 0.29) is 0 Å². The molecule has 1 aromatic carbocycles. The van der Waals surface area contributed by atoms with Gasteiger partial charge in [-0.3, -0.25) is 0 Å². The summed E-state index contributed by atoms with van der Waals surface area (Å²) in [7, 11) is 1.53. The second kappa shape index (κ2) is 5.56. The number of ether oxygens (including phenoxy) is 2. The number of halogens is 1. The van der Waals surface area contributed by atoms with Crippen molar-refractivity contribution in [2.75, 3.05) is 20.4 Å². The van der Waals surface area contributed by atoms with E-state index in [0.717, 1.165) is 0 Å². The van der Waals surface area contributed by atoms with Crippen LogP contribution >= 0.6 is 0 Å². The van der Waals surface area contributed by atoms with Crippen molar-refractivity contribution in [2.24, 2.45) is 0 Å². The molecule has 0 amide bonds. The van der Waals surface area contributed by atoms with Gasteiger partial charge in [0.1, 0.15) is 12.8 Å². The highest BCUT2D eigenvalue weighted by molar-refractivity contribution is 5.43. The quantitative estimate of drug-likeness (QED) is 0.815. The van der Waals surface area contributed by atoms with Crippen molar-refractivity contribution < 1.29 is 19.0 Å². The van der Waals surface area contributed by atoms with E-state index >= 15 is 0 Å². The van der Waals surface area contributed by atoms with Gasteiger partial charge in [0, 0.05) is 0 Å². The zero-order valence-electron chi connectivity index (χ0n) is 8.87. The number of alkyl halides is 1. The molecule has 0 aromatic heterocycles. The van der Waals surface area contributed by atoms with E-state index in [1.807, 2.05) is 6.92 Å². The van der Waals surface area contributed by atoms with Crippen LogP contribution in [0.15, 0.2) is 18.2 Å². The first-order valence-corrected chi connectivity index (χ1v) is 4.77. The van der Waals surface area contributed by atoms with Crippen molar-refractivity contribution in [3.63, 3.8) is 0 Å². The third kappa shape index (κ3) is 2.83. The first kappa shape index (κ1) is 11.8. The van der Waals surface area contributed by atoms with Crippen molar-refractivity contribution >= 4 is 0 Å². The van der Waals surface area contributed by atoms with Crippen LogP contribution in [0.2, 0.25) is 0 Å². The lowest BCUT2D eigenvalue weighted by atomic mass is 10.1. The first-order chi connectivity index (χ1) is 7.22.